The number of rotatable bonds is 3. The number of halogens is 1. The molecular formula is C19H20ClN3O. The highest BCUT2D eigenvalue weighted by molar-refractivity contribution is 6.31. The van der Waals surface area contributed by atoms with E-state index in [1.54, 1.807) is 0 Å². The Bertz CT molecular complexity index is 916. The van der Waals surface area contributed by atoms with E-state index in [0.717, 1.165) is 34.4 Å². The van der Waals surface area contributed by atoms with E-state index in [1.165, 1.54) is 10.9 Å². The first-order valence-corrected chi connectivity index (χ1v) is 8.40. The summed E-state index contributed by atoms with van der Waals surface area (Å²) in [4.78, 5) is 5.62. The predicted molar refractivity (Wildman–Crippen MR) is 97.9 cm³/mol. The van der Waals surface area contributed by atoms with Crippen molar-refractivity contribution in [1.29, 1.82) is 0 Å². The summed E-state index contributed by atoms with van der Waals surface area (Å²) in [6, 6.07) is 12.5. The lowest BCUT2D eigenvalue weighted by Gasteiger charge is -2.11. The average molecular weight is 342 g/mol. The SMILES string of the molecule is CN(C)Cc1ccc2[nH]c(-c3ccc(Cl)c4c3C(O)NC4)cc2c1. The van der Waals surface area contributed by atoms with Gasteiger partial charge in [0.15, 0.2) is 0 Å². The van der Waals surface area contributed by atoms with Gasteiger partial charge in [0.1, 0.15) is 6.23 Å². The first kappa shape index (κ1) is 15.7. The van der Waals surface area contributed by atoms with Gasteiger partial charge in [0, 0.05) is 45.8 Å². The molecule has 0 fully saturated rings. The molecule has 1 aromatic heterocycles. The molecule has 2 heterocycles. The molecule has 124 valence electrons. The van der Waals surface area contributed by atoms with Gasteiger partial charge in [0.25, 0.3) is 0 Å². The van der Waals surface area contributed by atoms with Crippen LogP contribution in [0.1, 0.15) is 22.9 Å². The molecule has 1 aliphatic heterocycles. The maximum absolute atomic E-state index is 10.3. The summed E-state index contributed by atoms with van der Waals surface area (Å²) in [5, 5.41) is 15.2. The van der Waals surface area contributed by atoms with E-state index in [1.807, 2.05) is 12.1 Å². The zero-order chi connectivity index (χ0) is 16.8. The molecule has 3 aromatic rings. The Kier molecular flexibility index (Phi) is 3.85. The van der Waals surface area contributed by atoms with Crippen LogP contribution in [0.25, 0.3) is 22.2 Å². The van der Waals surface area contributed by atoms with Crippen LogP contribution in [-0.2, 0) is 13.1 Å². The van der Waals surface area contributed by atoms with E-state index in [2.05, 4.69) is 53.6 Å². The summed E-state index contributed by atoms with van der Waals surface area (Å²) in [7, 11) is 4.14. The van der Waals surface area contributed by atoms with Crippen molar-refractivity contribution in [3.05, 3.63) is 58.1 Å². The number of hydrogen-bond acceptors (Lipinski definition) is 3. The van der Waals surface area contributed by atoms with Crippen molar-refractivity contribution < 1.29 is 5.11 Å². The standard InChI is InChI=1S/C19H20ClN3O/c1-23(2)10-11-3-6-16-12(7-11)8-17(22-16)13-4-5-15(20)14-9-21-19(24)18(13)14/h3-8,19,21-22,24H,9-10H2,1-2H3. The number of benzene rings is 2. The lowest BCUT2D eigenvalue weighted by Crippen LogP contribution is -2.10. The summed E-state index contributed by atoms with van der Waals surface area (Å²) in [5.74, 6) is 0. The fourth-order valence-electron chi connectivity index (χ4n) is 3.46. The Balaban J connectivity index is 1.82. The lowest BCUT2D eigenvalue weighted by molar-refractivity contribution is 0.152. The monoisotopic (exact) mass is 341 g/mol. The lowest BCUT2D eigenvalue weighted by atomic mass is 10.00. The van der Waals surface area contributed by atoms with Gasteiger partial charge in [-0.1, -0.05) is 23.7 Å². The molecule has 4 nitrogen and oxygen atoms in total. The molecule has 0 saturated carbocycles. The van der Waals surface area contributed by atoms with Crippen molar-refractivity contribution in [2.75, 3.05) is 14.1 Å². The molecule has 5 heteroatoms. The van der Waals surface area contributed by atoms with Crippen LogP contribution < -0.4 is 5.32 Å². The van der Waals surface area contributed by atoms with Gasteiger partial charge in [-0.05, 0) is 49.5 Å². The van der Waals surface area contributed by atoms with Crippen molar-refractivity contribution in [3.8, 4) is 11.3 Å². The number of aliphatic hydroxyl groups is 1. The molecule has 2 aromatic carbocycles. The minimum absolute atomic E-state index is 0.594. The van der Waals surface area contributed by atoms with Gasteiger partial charge in [-0.3, -0.25) is 5.32 Å². The summed E-state index contributed by atoms with van der Waals surface area (Å²) in [6.07, 6.45) is -0.676. The van der Waals surface area contributed by atoms with Crippen molar-refractivity contribution >= 4 is 22.5 Å². The summed E-state index contributed by atoms with van der Waals surface area (Å²) < 4.78 is 0. The average Bonchev–Trinajstić information content (AvgIpc) is 3.12. The topological polar surface area (TPSA) is 51.3 Å². The second kappa shape index (κ2) is 5.90. The minimum atomic E-state index is -0.676. The van der Waals surface area contributed by atoms with Gasteiger partial charge in [-0.2, -0.15) is 0 Å². The summed E-state index contributed by atoms with van der Waals surface area (Å²) in [6.45, 7) is 1.51. The molecule has 24 heavy (non-hydrogen) atoms. The van der Waals surface area contributed by atoms with E-state index in [4.69, 9.17) is 11.6 Å². The Morgan fingerprint density at radius 1 is 1.21 bits per heavy atom. The first-order chi connectivity index (χ1) is 11.5. The van der Waals surface area contributed by atoms with Gasteiger partial charge in [0.05, 0.1) is 0 Å². The van der Waals surface area contributed by atoms with E-state index in [-0.39, 0.29) is 0 Å². The van der Waals surface area contributed by atoms with Gasteiger partial charge in [-0.15, -0.1) is 0 Å². The van der Waals surface area contributed by atoms with Crippen LogP contribution >= 0.6 is 11.6 Å². The third-order valence-corrected chi connectivity index (χ3v) is 4.87. The van der Waals surface area contributed by atoms with E-state index in [9.17, 15) is 5.11 Å². The molecule has 1 atom stereocenters. The number of fused-ring (bicyclic) bond motifs is 2. The normalized spacial score (nSPS) is 17.0. The molecule has 1 aliphatic rings. The number of aromatic nitrogens is 1. The molecular weight excluding hydrogens is 322 g/mol. The molecule has 0 saturated heterocycles. The number of aromatic amines is 1. The Hall–Kier alpha value is -1.85. The number of hydrogen-bond donors (Lipinski definition) is 3. The molecule has 0 bridgehead atoms. The third kappa shape index (κ3) is 2.62. The van der Waals surface area contributed by atoms with Crippen LogP contribution in [0.4, 0.5) is 0 Å². The van der Waals surface area contributed by atoms with Gasteiger partial charge in [-0.25, -0.2) is 0 Å². The maximum Gasteiger partial charge on any atom is 0.132 e. The van der Waals surface area contributed by atoms with Crippen LogP contribution in [0.3, 0.4) is 0 Å². The molecule has 4 rings (SSSR count). The largest absolute Gasteiger partial charge is 0.374 e. The summed E-state index contributed by atoms with van der Waals surface area (Å²) in [5.41, 5.74) is 6.23. The number of aliphatic hydroxyl groups excluding tert-OH is 1. The smallest absolute Gasteiger partial charge is 0.132 e. The Morgan fingerprint density at radius 2 is 2.04 bits per heavy atom. The van der Waals surface area contributed by atoms with Crippen LogP contribution in [0.5, 0.6) is 0 Å². The predicted octanol–water partition coefficient (Wildman–Crippen LogP) is 3.64. The quantitative estimate of drug-likeness (QED) is 0.681. The zero-order valence-corrected chi connectivity index (χ0v) is 14.5. The Morgan fingerprint density at radius 3 is 2.83 bits per heavy atom. The van der Waals surface area contributed by atoms with Gasteiger partial charge < -0.3 is 15.0 Å². The highest BCUT2D eigenvalue weighted by Gasteiger charge is 2.26. The second-order valence-electron chi connectivity index (χ2n) is 6.61. The molecule has 0 aliphatic carbocycles. The number of H-pyrrole nitrogens is 1. The highest BCUT2D eigenvalue weighted by atomic mass is 35.5. The van der Waals surface area contributed by atoms with Crippen LogP contribution in [-0.4, -0.2) is 29.1 Å². The molecule has 0 spiro atoms. The van der Waals surface area contributed by atoms with Crippen molar-refractivity contribution in [2.24, 2.45) is 0 Å². The first-order valence-electron chi connectivity index (χ1n) is 8.02. The van der Waals surface area contributed by atoms with Crippen LogP contribution in [0.15, 0.2) is 36.4 Å². The maximum atomic E-state index is 10.3. The second-order valence-corrected chi connectivity index (χ2v) is 7.02. The van der Waals surface area contributed by atoms with Crippen molar-refractivity contribution in [3.63, 3.8) is 0 Å². The molecule has 0 amide bonds. The molecule has 0 radical (unpaired) electrons. The summed E-state index contributed by atoms with van der Waals surface area (Å²) >= 11 is 6.28. The fourth-order valence-corrected chi connectivity index (χ4v) is 3.69. The third-order valence-electron chi connectivity index (χ3n) is 4.52. The van der Waals surface area contributed by atoms with Gasteiger partial charge >= 0.3 is 0 Å². The number of nitrogens with one attached hydrogen (secondary N) is 2. The van der Waals surface area contributed by atoms with E-state index in [0.29, 0.717) is 11.6 Å². The van der Waals surface area contributed by atoms with Crippen LogP contribution in [0, 0.1) is 0 Å². The fraction of sp³-hybridized carbons (Fsp3) is 0.263. The molecule has 3 N–H and O–H groups in total. The van der Waals surface area contributed by atoms with Crippen molar-refractivity contribution in [2.45, 2.75) is 19.3 Å². The van der Waals surface area contributed by atoms with E-state index >= 15 is 0 Å². The minimum Gasteiger partial charge on any atom is -0.374 e. The Labute approximate surface area is 146 Å². The van der Waals surface area contributed by atoms with Crippen LogP contribution in [0.2, 0.25) is 5.02 Å². The molecule has 1 unspecified atom stereocenters. The highest BCUT2D eigenvalue weighted by Crippen LogP contribution is 2.38. The van der Waals surface area contributed by atoms with Gasteiger partial charge in [0.2, 0.25) is 0 Å². The van der Waals surface area contributed by atoms with E-state index < -0.39 is 6.23 Å². The number of nitrogens with zero attached hydrogens (tertiary/aromatic N) is 1. The zero-order valence-electron chi connectivity index (χ0n) is 13.7. The van der Waals surface area contributed by atoms with Crippen molar-refractivity contribution in [1.82, 2.24) is 15.2 Å².